The van der Waals surface area contributed by atoms with Gasteiger partial charge in [0.2, 0.25) is 0 Å². The van der Waals surface area contributed by atoms with Crippen molar-refractivity contribution in [2.45, 2.75) is 6.04 Å². The molecule has 1 aromatic heterocycles. The van der Waals surface area contributed by atoms with Crippen molar-refractivity contribution < 1.29 is 9.84 Å². The predicted molar refractivity (Wildman–Crippen MR) is 56.2 cm³/mol. The molecule has 0 aliphatic carbocycles. The molecule has 84 valence electrons. The van der Waals surface area contributed by atoms with E-state index in [0.29, 0.717) is 12.3 Å². The van der Waals surface area contributed by atoms with E-state index < -0.39 is 5.56 Å². The zero-order chi connectivity index (χ0) is 11.3. The minimum absolute atomic E-state index is 0.0135. The molecule has 0 saturated heterocycles. The van der Waals surface area contributed by atoms with Crippen LogP contribution in [0, 0.1) is 0 Å². The Labute approximate surface area is 91.2 Å². The molecule has 1 aromatic rings. The van der Waals surface area contributed by atoms with Gasteiger partial charge >= 0.3 is 0 Å². The summed E-state index contributed by atoms with van der Waals surface area (Å²) in [5.41, 5.74) is -0.104. The summed E-state index contributed by atoms with van der Waals surface area (Å²) in [4.78, 5) is 11.1. The molecule has 0 saturated carbocycles. The molecule has 0 radical (unpaired) electrons. The lowest BCUT2D eigenvalue weighted by Gasteiger charge is -2.16. The number of anilines is 1. The fraction of sp³-hybridized carbons (Fsp3) is 0.500. The summed E-state index contributed by atoms with van der Waals surface area (Å²) in [5.74, 6) is 0. The third kappa shape index (κ3) is 3.19. The maximum Gasteiger partial charge on any atom is 0.285 e. The van der Waals surface area contributed by atoms with Crippen LogP contribution in [0.5, 0.6) is 0 Å². The Hall–Kier alpha value is -1.11. The fourth-order valence-corrected chi connectivity index (χ4v) is 1.19. The number of methoxy groups -OCH3 is 1. The van der Waals surface area contributed by atoms with Gasteiger partial charge in [-0.3, -0.25) is 4.79 Å². The number of aliphatic hydroxyl groups is 1. The summed E-state index contributed by atoms with van der Waals surface area (Å²) in [6.45, 7) is 0.177. The highest BCUT2D eigenvalue weighted by atomic mass is 35.5. The second-order valence-electron chi connectivity index (χ2n) is 2.91. The normalized spacial score (nSPS) is 12.5. The van der Waals surface area contributed by atoms with E-state index in [-0.39, 0.29) is 17.7 Å². The molecule has 0 aromatic carbocycles. The number of nitrogens with one attached hydrogen (secondary N) is 2. The van der Waals surface area contributed by atoms with Gasteiger partial charge < -0.3 is 15.2 Å². The Morgan fingerprint density at radius 2 is 2.53 bits per heavy atom. The second kappa shape index (κ2) is 5.69. The van der Waals surface area contributed by atoms with E-state index in [1.807, 2.05) is 0 Å². The highest BCUT2D eigenvalue weighted by Gasteiger charge is 2.10. The van der Waals surface area contributed by atoms with Crippen molar-refractivity contribution in [2.75, 3.05) is 25.6 Å². The Balaban J connectivity index is 2.79. The van der Waals surface area contributed by atoms with E-state index in [0.717, 1.165) is 0 Å². The fourth-order valence-electron chi connectivity index (χ4n) is 1.05. The molecule has 0 spiro atoms. The summed E-state index contributed by atoms with van der Waals surface area (Å²) in [6, 6.07) is -0.323. The predicted octanol–water partition coefficient (Wildman–Crippen LogP) is -0.158. The van der Waals surface area contributed by atoms with Gasteiger partial charge in [-0.05, 0) is 0 Å². The van der Waals surface area contributed by atoms with Crippen molar-refractivity contribution in [3.8, 4) is 0 Å². The van der Waals surface area contributed by atoms with E-state index >= 15 is 0 Å². The average molecular weight is 234 g/mol. The first kappa shape index (κ1) is 12.0. The highest BCUT2D eigenvalue weighted by molar-refractivity contribution is 6.32. The molecule has 3 N–H and O–H groups in total. The minimum Gasteiger partial charge on any atom is -0.394 e. The summed E-state index contributed by atoms with van der Waals surface area (Å²) in [5, 5.41) is 17.6. The third-order valence-electron chi connectivity index (χ3n) is 1.74. The number of halogens is 1. The lowest BCUT2D eigenvalue weighted by atomic mass is 10.3. The molecule has 1 atom stereocenters. The van der Waals surface area contributed by atoms with Crippen molar-refractivity contribution in [1.29, 1.82) is 0 Å². The SMILES string of the molecule is COCC(CO)Nc1cn[nH]c(=O)c1Cl. The van der Waals surface area contributed by atoms with Gasteiger partial charge in [0.05, 0.1) is 31.1 Å². The monoisotopic (exact) mass is 233 g/mol. The number of hydrogen-bond donors (Lipinski definition) is 3. The number of hydrogen-bond acceptors (Lipinski definition) is 5. The van der Waals surface area contributed by atoms with E-state index in [9.17, 15) is 4.79 Å². The number of aromatic amines is 1. The maximum absolute atomic E-state index is 11.1. The van der Waals surface area contributed by atoms with Crippen LogP contribution in [-0.4, -0.2) is 41.7 Å². The lowest BCUT2D eigenvalue weighted by Crippen LogP contribution is -2.29. The molecule has 15 heavy (non-hydrogen) atoms. The number of nitrogens with zero attached hydrogens (tertiary/aromatic N) is 1. The zero-order valence-corrected chi connectivity index (χ0v) is 8.91. The van der Waals surface area contributed by atoms with Crippen molar-refractivity contribution in [2.24, 2.45) is 0 Å². The van der Waals surface area contributed by atoms with Crippen LogP contribution in [0.2, 0.25) is 5.02 Å². The van der Waals surface area contributed by atoms with Crippen molar-refractivity contribution in [3.05, 3.63) is 21.6 Å². The van der Waals surface area contributed by atoms with Crippen LogP contribution in [0.4, 0.5) is 5.69 Å². The van der Waals surface area contributed by atoms with Crippen LogP contribution in [0.3, 0.4) is 0 Å². The number of rotatable bonds is 5. The van der Waals surface area contributed by atoms with Gasteiger partial charge in [0.25, 0.3) is 5.56 Å². The molecule has 1 rings (SSSR count). The first-order chi connectivity index (χ1) is 7.19. The van der Waals surface area contributed by atoms with Crippen LogP contribution in [0.15, 0.2) is 11.0 Å². The summed E-state index contributed by atoms with van der Waals surface area (Å²) < 4.78 is 4.87. The van der Waals surface area contributed by atoms with Gasteiger partial charge in [0.1, 0.15) is 5.02 Å². The molecule has 0 fully saturated rings. The van der Waals surface area contributed by atoms with E-state index in [4.69, 9.17) is 21.4 Å². The van der Waals surface area contributed by atoms with Gasteiger partial charge in [0.15, 0.2) is 0 Å². The van der Waals surface area contributed by atoms with Crippen molar-refractivity contribution >= 4 is 17.3 Å². The zero-order valence-electron chi connectivity index (χ0n) is 8.16. The van der Waals surface area contributed by atoms with Crippen molar-refractivity contribution in [1.82, 2.24) is 10.2 Å². The smallest absolute Gasteiger partial charge is 0.285 e. The summed E-state index contributed by atoms with van der Waals surface area (Å²) in [6.07, 6.45) is 1.38. The van der Waals surface area contributed by atoms with E-state index in [2.05, 4.69) is 15.5 Å². The second-order valence-corrected chi connectivity index (χ2v) is 3.28. The van der Waals surface area contributed by atoms with Crippen LogP contribution >= 0.6 is 11.6 Å². The van der Waals surface area contributed by atoms with Gasteiger partial charge in [0, 0.05) is 7.11 Å². The first-order valence-corrected chi connectivity index (χ1v) is 4.66. The average Bonchev–Trinajstić information content (AvgIpc) is 2.24. The van der Waals surface area contributed by atoms with Crippen LogP contribution in [-0.2, 0) is 4.74 Å². The molecular weight excluding hydrogens is 222 g/mol. The molecule has 0 aliphatic heterocycles. The first-order valence-electron chi connectivity index (χ1n) is 4.28. The Kier molecular flexibility index (Phi) is 4.54. The number of H-pyrrole nitrogens is 1. The highest BCUT2D eigenvalue weighted by Crippen LogP contribution is 2.15. The minimum atomic E-state index is -0.476. The lowest BCUT2D eigenvalue weighted by molar-refractivity contribution is 0.153. The molecule has 1 unspecified atom stereocenters. The molecule has 7 heteroatoms. The molecule has 0 bridgehead atoms. The van der Waals surface area contributed by atoms with Gasteiger partial charge in [-0.2, -0.15) is 5.10 Å². The van der Waals surface area contributed by atoms with Crippen LogP contribution in [0.25, 0.3) is 0 Å². The van der Waals surface area contributed by atoms with Gasteiger partial charge in [-0.1, -0.05) is 11.6 Å². The number of aliphatic hydroxyl groups excluding tert-OH is 1. The quantitative estimate of drug-likeness (QED) is 0.658. The summed E-state index contributed by atoms with van der Waals surface area (Å²) >= 11 is 5.73. The molecule has 6 nitrogen and oxygen atoms in total. The Morgan fingerprint density at radius 1 is 1.80 bits per heavy atom. The van der Waals surface area contributed by atoms with E-state index in [1.54, 1.807) is 0 Å². The topological polar surface area (TPSA) is 87.2 Å². The molecule has 1 heterocycles. The number of aromatic nitrogens is 2. The third-order valence-corrected chi connectivity index (χ3v) is 2.12. The molecular formula is C8H12ClN3O3. The Bertz CT molecular complexity index is 368. The van der Waals surface area contributed by atoms with Crippen LogP contribution < -0.4 is 10.9 Å². The summed E-state index contributed by atoms with van der Waals surface area (Å²) in [7, 11) is 1.52. The standard InChI is InChI=1S/C8H12ClN3O3/c1-15-4-5(3-13)11-6-2-10-12-8(14)7(6)9/h2,5,13H,3-4H2,1H3,(H2,11,12,14). The van der Waals surface area contributed by atoms with E-state index in [1.165, 1.54) is 13.3 Å². The Morgan fingerprint density at radius 3 is 3.13 bits per heavy atom. The van der Waals surface area contributed by atoms with Crippen molar-refractivity contribution in [3.63, 3.8) is 0 Å². The molecule has 0 aliphatic rings. The number of ether oxygens (including phenoxy) is 1. The van der Waals surface area contributed by atoms with Gasteiger partial charge in [-0.15, -0.1) is 0 Å². The largest absolute Gasteiger partial charge is 0.394 e. The molecule has 0 amide bonds. The van der Waals surface area contributed by atoms with Crippen LogP contribution in [0.1, 0.15) is 0 Å². The maximum atomic E-state index is 11.1. The van der Waals surface area contributed by atoms with Gasteiger partial charge in [-0.25, -0.2) is 5.10 Å².